The van der Waals surface area contributed by atoms with Crippen molar-refractivity contribution in [1.82, 2.24) is 0 Å². The molecule has 0 saturated heterocycles. The molecular formula is C11H26N2OV. The molecule has 0 aliphatic heterocycles. The van der Waals surface area contributed by atoms with Gasteiger partial charge in [-0.2, -0.15) is 7.05 Å². The fraction of sp³-hybridized carbons (Fsp3) is 0.909. The van der Waals surface area contributed by atoms with Crippen LogP contribution in [0.5, 0.6) is 0 Å². The fourth-order valence-corrected chi connectivity index (χ4v) is 1.61. The van der Waals surface area contributed by atoms with Crippen molar-refractivity contribution in [2.24, 2.45) is 9.71 Å². The monoisotopic (exact) mass is 253 g/mol. The van der Waals surface area contributed by atoms with Crippen LogP contribution in [0.4, 0.5) is 0 Å². The van der Waals surface area contributed by atoms with Crippen LogP contribution < -0.4 is 0 Å². The predicted octanol–water partition coefficient (Wildman–Crippen LogP) is 2.98. The van der Waals surface area contributed by atoms with Gasteiger partial charge in [0, 0.05) is 7.11 Å². The molecule has 0 radical (unpaired) electrons. The topological polar surface area (TPSA) is 46.7 Å². The smallest absolute Gasteiger partial charge is 0.358 e. The molecule has 4 heteroatoms. The summed E-state index contributed by atoms with van der Waals surface area (Å²) < 4.78 is 3.44. The summed E-state index contributed by atoms with van der Waals surface area (Å²) in [7, 11) is 4.63. The van der Waals surface area contributed by atoms with E-state index in [1.807, 2.05) is 7.05 Å². The first-order valence-corrected chi connectivity index (χ1v) is 5.71. The van der Waals surface area contributed by atoms with Gasteiger partial charge in [0.15, 0.2) is 0 Å². The van der Waals surface area contributed by atoms with Crippen LogP contribution in [-0.4, -0.2) is 32.9 Å². The van der Waals surface area contributed by atoms with Crippen LogP contribution in [0.3, 0.4) is 0 Å². The summed E-state index contributed by atoms with van der Waals surface area (Å²) in [5.41, 5.74) is 0. The van der Waals surface area contributed by atoms with Gasteiger partial charge in [0.1, 0.15) is 0 Å². The second kappa shape index (κ2) is 19.8. The van der Waals surface area contributed by atoms with Crippen LogP contribution in [0.1, 0.15) is 32.1 Å². The molecule has 0 atom stereocenters. The zero-order chi connectivity index (χ0) is 11.2. The van der Waals surface area contributed by atoms with Crippen molar-refractivity contribution in [3.05, 3.63) is 12.7 Å². The van der Waals surface area contributed by atoms with Crippen LogP contribution in [-0.2, 0) is 17.2 Å². The van der Waals surface area contributed by atoms with Crippen molar-refractivity contribution in [2.45, 2.75) is 32.1 Å². The minimum Gasteiger partial charge on any atom is -0.358 e. The normalized spacial score (nSPS) is 14.0. The van der Waals surface area contributed by atoms with Gasteiger partial charge in [0.05, 0.1) is 0 Å². The standard InChI is InChI=1S/C8H16N.CH3N.CH4O.CH3.V/c1-9-7-6-8-4-2-3-5-8;2*1-2;;/h8H,2-7H2,1H3;1H3;2H,1H3;1H3;/q-1;;;-1;+2. The molecule has 0 aromatic rings. The third-order valence-corrected chi connectivity index (χ3v) is 2.24. The van der Waals surface area contributed by atoms with Crippen molar-refractivity contribution in [1.29, 1.82) is 0 Å². The second-order valence-electron chi connectivity index (χ2n) is 3.18. The quantitative estimate of drug-likeness (QED) is 0.772. The van der Waals surface area contributed by atoms with Gasteiger partial charge in [-0.3, -0.25) is 0 Å². The molecule has 91 valence electrons. The Morgan fingerprint density at radius 1 is 1.33 bits per heavy atom. The zero-order valence-electron chi connectivity index (χ0n) is 10.6. The number of aliphatic hydroxyl groups is 1. The van der Waals surface area contributed by atoms with E-state index in [0.717, 1.165) is 19.6 Å². The summed E-state index contributed by atoms with van der Waals surface area (Å²) in [5.74, 6) is 1.02. The van der Waals surface area contributed by atoms with Gasteiger partial charge in [-0.15, -0.1) is 6.54 Å². The van der Waals surface area contributed by atoms with Gasteiger partial charge in [-0.05, 0) is 5.92 Å². The Balaban J connectivity index is -0.000000209. The number of rotatable bonds is 3. The Hall–Kier alpha value is 0.304. The van der Waals surface area contributed by atoms with Crippen molar-refractivity contribution in [3.8, 4) is 0 Å². The molecule has 1 saturated carbocycles. The number of nitrogens with zero attached hydrogens (tertiary/aromatic N) is 2. The molecule has 1 aliphatic carbocycles. The first kappa shape index (κ1) is 20.7. The molecule has 1 N–H and O–H groups in total. The maximum absolute atomic E-state index is 7.00. The number of aliphatic hydroxyl groups excluding tert-OH is 1. The van der Waals surface area contributed by atoms with E-state index in [4.69, 9.17) is 5.11 Å². The average Bonchev–Trinajstić information content (AvgIpc) is 2.72. The molecule has 0 amide bonds. The minimum atomic E-state index is 0. The van der Waals surface area contributed by atoms with Crippen LogP contribution in [0.15, 0.2) is 3.79 Å². The maximum atomic E-state index is 7.00. The Labute approximate surface area is 105 Å². The van der Waals surface area contributed by atoms with Gasteiger partial charge in [0.2, 0.25) is 0 Å². The summed E-state index contributed by atoms with van der Waals surface area (Å²) in [6.45, 7) is 1.09. The molecule has 1 aliphatic rings. The zero-order valence-corrected chi connectivity index (χ0v) is 12.0. The third kappa shape index (κ3) is 16.9. The van der Waals surface area contributed by atoms with Crippen molar-refractivity contribution < 1.29 is 22.3 Å². The Kier molecular flexibility index (Phi) is 27.3. The van der Waals surface area contributed by atoms with Crippen LogP contribution >= 0.6 is 0 Å². The van der Waals surface area contributed by atoms with E-state index in [9.17, 15) is 0 Å². The summed E-state index contributed by atoms with van der Waals surface area (Å²) in [4.78, 5) is 0. The molecule has 0 aromatic heterocycles. The van der Waals surface area contributed by atoms with Crippen LogP contribution in [0, 0.1) is 13.3 Å². The van der Waals surface area contributed by atoms with Gasteiger partial charge >= 0.3 is 28.1 Å². The molecular weight excluding hydrogens is 227 g/mol. The van der Waals surface area contributed by atoms with Gasteiger partial charge < -0.3 is 17.8 Å². The molecule has 3 nitrogen and oxygen atoms in total. The second-order valence-corrected chi connectivity index (χ2v) is 3.80. The Bertz CT molecular complexity index is 107. The van der Waals surface area contributed by atoms with Crippen LogP contribution in [0.25, 0.3) is 5.32 Å². The third-order valence-electron chi connectivity index (χ3n) is 2.24. The van der Waals surface area contributed by atoms with E-state index in [1.54, 1.807) is 7.05 Å². The molecule has 0 spiro atoms. The summed E-state index contributed by atoms with van der Waals surface area (Å²) in [5, 5.41) is 11.1. The van der Waals surface area contributed by atoms with Gasteiger partial charge in [-0.1, -0.05) is 32.1 Å². The minimum absolute atomic E-state index is 0. The maximum Gasteiger partial charge on any atom is -0.358 e. The van der Waals surface area contributed by atoms with E-state index in [2.05, 4.69) is 26.3 Å². The largest absolute Gasteiger partial charge is 0.358 e. The SMILES string of the molecule is CO.C[N-]CCC1CCCC1.C[N]=[V+2].[CH3-]. The fourth-order valence-electron chi connectivity index (χ4n) is 1.61. The first-order chi connectivity index (χ1) is 6.85. The molecule has 15 heavy (non-hydrogen) atoms. The van der Waals surface area contributed by atoms with Gasteiger partial charge in [0.25, 0.3) is 0 Å². The van der Waals surface area contributed by atoms with E-state index in [-0.39, 0.29) is 7.43 Å². The summed E-state index contributed by atoms with van der Waals surface area (Å²) >= 11 is 2.09. The predicted molar refractivity (Wildman–Crippen MR) is 63.6 cm³/mol. The molecule has 0 aromatic carbocycles. The first-order valence-electron chi connectivity index (χ1n) is 5.08. The molecule has 0 bridgehead atoms. The van der Waals surface area contributed by atoms with Crippen LogP contribution in [0.2, 0.25) is 0 Å². The van der Waals surface area contributed by atoms with E-state index >= 15 is 0 Å². The number of hydrogen-bond donors (Lipinski definition) is 1. The Morgan fingerprint density at radius 3 is 2.07 bits per heavy atom. The van der Waals surface area contributed by atoms with Gasteiger partial charge in [-0.25, -0.2) is 0 Å². The molecule has 0 heterocycles. The van der Waals surface area contributed by atoms with E-state index < -0.39 is 0 Å². The Morgan fingerprint density at radius 2 is 1.73 bits per heavy atom. The summed E-state index contributed by atoms with van der Waals surface area (Å²) in [6.07, 6.45) is 7.21. The average molecular weight is 253 g/mol. The van der Waals surface area contributed by atoms with Crippen molar-refractivity contribution in [2.75, 3.05) is 27.7 Å². The summed E-state index contributed by atoms with van der Waals surface area (Å²) in [6, 6.07) is 0. The van der Waals surface area contributed by atoms with Crippen molar-refractivity contribution in [3.63, 3.8) is 0 Å². The molecule has 0 unspecified atom stereocenters. The van der Waals surface area contributed by atoms with E-state index in [0.29, 0.717) is 0 Å². The molecule has 1 fully saturated rings. The number of hydrogen-bond acceptors (Lipinski definition) is 2. The van der Waals surface area contributed by atoms with Crippen molar-refractivity contribution >= 4 is 0 Å². The molecule has 1 rings (SSSR count). The van der Waals surface area contributed by atoms with E-state index in [1.165, 1.54) is 32.1 Å².